The SMILES string of the molecule is CC[C@@H](C(=O)NC1CCCC1)N(Cc1c(Cl)cccc1Cl)C(=O)CN(c1ccccc1F)S(=O)(=O)c1ccc(C)cc1. The Labute approximate surface area is 256 Å². The van der Waals surface area contributed by atoms with Gasteiger partial charge in [0.15, 0.2) is 0 Å². The minimum atomic E-state index is -4.39. The van der Waals surface area contributed by atoms with E-state index >= 15 is 4.39 Å². The second-order valence-electron chi connectivity index (χ2n) is 10.4. The van der Waals surface area contributed by atoms with E-state index in [4.69, 9.17) is 23.2 Å². The Bertz CT molecular complexity index is 1510. The van der Waals surface area contributed by atoms with E-state index in [2.05, 4.69) is 5.32 Å². The standard InChI is InChI=1S/C31H34Cl2FN3O4S/c1-3-28(31(39)35-22-9-4-5-10-22)36(19-24-25(32)11-8-12-26(24)33)30(38)20-37(29-14-7-6-13-27(29)34)42(40,41)23-17-15-21(2)16-18-23/h6-8,11-18,22,28H,3-5,9-10,19-20H2,1-2H3,(H,35,39)/t28-/m0/s1. The highest BCUT2D eigenvalue weighted by atomic mass is 35.5. The van der Waals surface area contributed by atoms with E-state index in [0.717, 1.165) is 41.6 Å². The van der Waals surface area contributed by atoms with Crippen molar-refractivity contribution in [2.24, 2.45) is 0 Å². The summed E-state index contributed by atoms with van der Waals surface area (Å²) in [5.41, 5.74) is 0.968. The van der Waals surface area contributed by atoms with Gasteiger partial charge in [0, 0.05) is 28.2 Å². The van der Waals surface area contributed by atoms with Gasteiger partial charge in [-0.05, 0) is 62.6 Å². The third kappa shape index (κ3) is 7.25. The van der Waals surface area contributed by atoms with E-state index < -0.39 is 34.3 Å². The van der Waals surface area contributed by atoms with Crippen LogP contribution in [-0.4, -0.2) is 43.8 Å². The third-order valence-corrected chi connectivity index (χ3v) is 9.97. The maximum atomic E-state index is 15.1. The molecule has 7 nitrogen and oxygen atoms in total. The Morgan fingerprint density at radius 2 is 1.60 bits per heavy atom. The van der Waals surface area contributed by atoms with Crippen molar-refractivity contribution >= 4 is 50.7 Å². The molecule has 0 radical (unpaired) electrons. The molecule has 1 atom stereocenters. The Kier molecular flexibility index (Phi) is 10.5. The van der Waals surface area contributed by atoms with Gasteiger partial charge in [-0.1, -0.05) is 78.9 Å². The molecule has 0 bridgehead atoms. The fourth-order valence-corrected chi connectivity index (χ4v) is 7.08. The summed E-state index contributed by atoms with van der Waals surface area (Å²) in [6.45, 7) is 2.68. The topological polar surface area (TPSA) is 86.8 Å². The number of sulfonamides is 1. The van der Waals surface area contributed by atoms with Gasteiger partial charge >= 0.3 is 0 Å². The van der Waals surface area contributed by atoms with E-state index in [9.17, 15) is 18.0 Å². The molecular weight excluding hydrogens is 600 g/mol. The second kappa shape index (κ2) is 13.9. The predicted octanol–water partition coefficient (Wildman–Crippen LogP) is 6.50. The lowest BCUT2D eigenvalue weighted by molar-refractivity contribution is -0.140. The number of nitrogens with zero attached hydrogens (tertiary/aromatic N) is 2. The van der Waals surface area contributed by atoms with E-state index in [-0.39, 0.29) is 35.5 Å². The summed E-state index contributed by atoms with van der Waals surface area (Å²) in [5, 5.41) is 3.64. The van der Waals surface area contributed by atoms with Gasteiger partial charge in [-0.25, -0.2) is 12.8 Å². The van der Waals surface area contributed by atoms with Crippen molar-refractivity contribution in [2.75, 3.05) is 10.8 Å². The van der Waals surface area contributed by atoms with Crippen LogP contribution < -0.4 is 9.62 Å². The molecule has 11 heteroatoms. The molecule has 0 spiro atoms. The minimum absolute atomic E-state index is 0.00392. The first-order valence-corrected chi connectivity index (χ1v) is 16.1. The van der Waals surface area contributed by atoms with Crippen LogP contribution in [0.3, 0.4) is 0 Å². The number of nitrogens with one attached hydrogen (secondary N) is 1. The van der Waals surface area contributed by atoms with Gasteiger partial charge in [-0.3, -0.25) is 13.9 Å². The van der Waals surface area contributed by atoms with Gasteiger partial charge in [0.05, 0.1) is 10.6 Å². The first-order chi connectivity index (χ1) is 20.0. The smallest absolute Gasteiger partial charge is 0.264 e. The van der Waals surface area contributed by atoms with Crippen LogP contribution in [0.5, 0.6) is 0 Å². The number of rotatable bonds is 11. The molecule has 1 fully saturated rings. The molecule has 1 aliphatic carbocycles. The molecule has 0 unspecified atom stereocenters. The lowest BCUT2D eigenvalue weighted by atomic mass is 10.1. The molecule has 224 valence electrons. The van der Waals surface area contributed by atoms with Crippen molar-refractivity contribution in [3.8, 4) is 0 Å². The van der Waals surface area contributed by atoms with Crippen molar-refractivity contribution in [1.82, 2.24) is 10.2 Å². The average molecular weight is 635 g/mol. The summed E-state index contributed by atoms with van der Waals surface area (Å²) in [7, 11) is -4.39. The highest BCUT2D eigenvalue weighted by Crippen LogP contribution is 2.30. The Hall–Kier alpha value is -3.14. The van der Waals surface area contributed by atoms with E-state index in [1.54, 1.807) is 37.3 Å². The largest absolute Gasteiger partial charge is 0.352 e. The summed E-state index contributed by atoms with van der Waals surface area (Å²) in [6, 6.07) is 15.4. The van der Waals surface area contributed by atoms with Crippen LogP contribution in [0.4, 0.5) is 10.1 Å². The van der Waals surface area contributed by atoms with Gasteiger partial charge in [-0.15, -0.1) is 0 Å². The number of para-hydroxylation sites is 1. The third-order valence-electron chi connectivity index (χ3n) is 7.49. The molecule has 1 saturated carbocycles. The van der Waals surface area contributed by atoms with Gasteiger partial charge in [0.1, 0.15) is 18.4 Å². The number of carbonyl (C=O) groups excluding carboxylic acids is 2. The molecule has 4 rings (SSSR count). The van der Waals surface area contributed by atoms with Crippen LogP contribution in [0.25, 0.3) is 0 Å². The summed E-state index contributed by atoms with van der Waals surface area (Å²) >= 11 is 12.9. The van der Waals surface area contributed by atoms with Crippen LogP contribution in [0, 0.1) is 12.7 Å². The Morgan fingerprint density at radius 1 is 0.976 bits per heavy atom. The highest BCUT2D eigenvalue weighted by Gasteiger charge is 2.35. The minimum Gasteiger partial charge on any atom is -0.352 e. The van der Waals surface area contributed by atoms with Crippen molar-refractivity contribution in [2.45, 2.75) is 69.5 Å². The number of anilines is 1. The monoisotopic (exact) mass is 633 g/mol. The first-order valence-electron chi connectivity index (χ1n) is 13.9. The number of benzene rings is 3. The highest BCUT2D eigenvalue weighted by molar-refractivity contribution is 7.92. The number of hydrogen-bond acceptors (Lipinski definition) is 4. The van der Waals surface area contributed by atoms with Crippen molar-refractivity contribution in [3.63, 3.8) is 0 Å². The first kappa shape index (κ1) is 31.8. The lowest BCUT2D eigenvalue weighted by Gasteiger charge is -2.34. The summed E-state index contributed by atoms with van der Waals surface area (Å²) in [5.74, 6) is -1.87. The molecule has 3 aromatic carbocycles. The van der Waals surface area contributed by atoms with Crippen LogP contribution in [0.2, 0.25) is 10.0 Å². The van der Waals surface area contributed by atoms with Crippen LogP contribution in [0.1, 0.15) is 50.2 Å². The zero-order valence-electron chi connectivity index (χ0n) is 23.5. The summed E-state index contributed by atoms with van der Waals surface area (Å²) in [4.78, 5) is 28.9. The molecule has 3 aromatic rings. The summed E-state index contributed by atoms with van der Waals surface area (Å²) < 4.78 is 43.6. The van der Waals surface area contributed by atoms with E-state index in [1.807, 2.05) is 6.92 Å². The fraction of sp³-hybridized carbons (Fsp3) is 0.355. The van der Waals surface area contributed by atoms with Crippen LogP contribution in [-0.2, 0) is 26.2 Å². The molecular formula is C31H34Cl2FN3O4S. The fourth-order valence-electron chi connectivity index (χ4n) is 5.15. The van der Waals surface area contributed by atoms with E-state index in [1.165, 1.54) is 35.2 Å². The molecule has 1 aliphatic rings. The zero-order valence-corrected chi connectivity index (χ0v) is 25.9. The lowest BCUT2D eigenvalue weighted by Crippen LogP contribution is -2.53. The van der Waals surface area contributed by atoms with Gasteiger partial charge < -0.3 is 10.2 Å². The molecule has 1 N–H and O–H groups in total. The van der Waals surface area contributed by atoms with E-state index in [0.29, 0.717) is 15.6 Å². The maximum Gasteiger partial charge on any atom is 0.264 e. The second-order valence-corrected chi connectivity index (χ2v) is 13.1. The maximum absolute atomic E-state index is 15.1. The van der Waals surface area contributed by atoms with Crippen LogP contribution in [0.15, 0.2) is 71.6 Å². The van der Waals surface area contributed by atoms with Crippen molar-refractivity contribution in [1.29, 1.82) is 0 Å². The normalized spacial score (nSPS) is 14.4. The number of aryl methyl sites for hydroxylation is 1. The van der Waals surface area contributed by atoms with Crippen molar-refractivity contribution < 1.29 is 22.4 Å². The number of carbonyl (C=O) groups is 2. The number of hydrogen-bond donors (Lipinski definition) is 1. The Balaban J connectivity index is 1.75. The molecule has 0 aliphatic heterocycles. The zero-order chi connectivity index (χ0) is 30.4. The number of halogens is 3. The van der Waals surface area contributed by atoms with Gasteiger partial charge in [0.2, 0.25) is 11.8 Å². The van der Waals surface area contributed by atoms with Crippen LogP contribution >= 0.6 is 23.2 Å². The quantitative estimate of drug-likeness (QED) is 0.261. The molecule has 42 heavy (non-hydrogen) atoms. The van der Waals surface area contributed by atoms with Gasteiger partial charge in [0.25, 0.3) is 10.0 Å². The molecule has 2 amide bonds. The predicted molar refractivity (Wildman–Crippen MR) is 164 cm³/mol. The average Bonchev–Trinajstić information content (AvgIpc) is 3.46. The molecule has 0 heterocycles. The Morgan fingerprint density at radius 3 is 2.19 bits per heavy atom. The molecule has 0 saturated heterocycles. The van der Waals surface area contributed by atoms with Crippen molar-refractivity contribution in [3.05, 3.63) is 93.7 Å². The molecule has 0 aromatic heterocycles. The van der Waals surface area contributed by atoms with Gasteiger partial charge in [-0.2, -0.15) is 0 Å². The number of amides is 2. The summed E-state index contributed by atoms with van der Waals surface area (Å²) in [6.07, 6.45) is 3.96.